The number of halogens is 4. The van der Waals surface area contributed by atoms with Crippen LogP contribution in [0.1, 0.15) is 13.3 Å². The fourth-order valence-electron chi connectivity index (χ4n) is 1.43. The number of carbonyl (C=O) groups excluding carboxylic acids is 1. The zero-order valence-electron chi connectivity index (χ0n) is 9.72. The van der Waals surface area contributed by atoms with Gasteiger partial charge in [0, 0.05) is 11.6 Å². The van der Waals surface area contributed by atoms with Crippen LogP contribution >= 0.6 is 11.6 Å². The van der Waals surface area contributed by atoms with Crippen LogP contribution in [-0.4, -0.2) is 18.0 Å². The summed E-state index contributed by atoms with van der Waals surface area (Å²) in [5.74, 6) is -1.13. The molecule has 0 bridgehead atoms. The van der Waals surface area contributed by atoms with Gasteiger partial charge in [0.2, 0.25) is 5.91 Å². The van der Waals surface area contributed by atoms with Gasteiger partial charge in [-0.25, -0.2) is 0 Å². The van der Waals surface area contributed by atoms with Crippen molar-refractivity contribution in [1.82, 2.24) is 0 Å². The van der Waals surface area contributed by atoms with E-state index in [1.807, 2.05) is 0 Å². The lowest BCUT2D eigenvalue weighted by Gasteiger charge is -2.26. The Morgan fingerprint density at radius 1 is 1.28 bits per heavy atom. The molecule has 0 saturated heterocycles. The van der Waals surface area contributed by atoms with Crippen molar-refractivity contribution in [2.24, 2.45) is 5.41 Å². The second-order valence-corrected chi connectivity index (χ2v) is 4.57. The maximum Gasteiger partial charge on any atom is 0.390 e. The standard InChI is InChI=1S/C12H13ClF3NO/c1-11(8-13,7-12(14,15)16)10(18)17-9-5-3-2-4-6-9/h2-6H,7-8H2,1H3,(H,17,18). The molecule has 0 aromatic heterocycles. The Hall–Kier alpha value is -1.23. The number of alkyl halides is 4. The number of rotatable bonds is 4. The minimum Gasteiger partial charge on any atom is -0.326 e. The van der Waals surface area contributed by atoms with Crippen LogP contribution in [0.4, 0.5) is 18.9 Å². The van der Waals surface area contributed by atoms with Crippen molar-refractivity contribution < 1.29 is 18.0 Å². The van der Waals surface area contributed by atoms with Crippen LogP contribution in [0.25, 0.3) is 0 Å². The van der Waals surface area contributed by atoms with Crippen LogP contribution in [0.3, 0.4) is 0 Å². The predicted molar refractivity (Wildman–Crippen MR) is 64.6 cm³/mol. The fraction of sp³-hybridized carbons (Fsp3) is 0.417. The van der Waals surface area contributed by atoms with Crippen LogP contribution in [0.2, 0.25) is 0 Å². The number of hydrogen-bond acceptors (Lipinski definition) is 1. The van der Waals surface area contributed by atoms with Crippen molar-refractivity contribution in [3.8, 4) is 0 Å². The number of nitrogens with one attached hydrogen (secondary N) is 1. The molecule has 0 aliphatic heterocycles. The first-order chi connectivity index (χ1) is 8.27. The number of carbonyl (C=O) groups is 1. The van der Waals surface area contributed by atoms with E-state index in [9.17, 15) is 18.0 Å². The average Bonchev–Trinajstić information content (AvgIpc) is 2.28. The van der Waals surface area contributed by atoms with Crippen LogP contribution in [-0.2, 0) is 4.79 Å². The molecule has 1 aromatic rings. The van der Waals surface area contributed by atoms with E-state index in [0.717, 1.165) is 0 Å². The fourth-order valence-corrected chi connectivity index (χ4v) is 1.65. The van der Waals surface area contributed by atoms with Gasteiger partial charge in [0.05, 0.1) is 11.8 Å². The van der Waals surface area contributed by atoms with Gasteiger partial charge in [-0.3, -0.25) is 4.79 Å². The monoisotopic (exact) mass is 279 g/mol. The van der Waals surface area contributed by atoms with Gasteiger partial charge in [-0.15, -0.1) is 11.6 Å². The number of amides is 1. The molecule has 0 aliphatic rings. The molecule has 1 atom stereocenters. The summed E-state index contributed by atoms with van der Waals surface area (Å²) in [6, 6.07) is 8.29. The highest BCUT2D eigenvalue weighted by molar-refractivity contribution is 6.20. The first kappa shape index (κ1) is 14.8. The summed E-state index contributed by atoms with van der Waals surface area (Å²) in [4.78, 5) is 11.8. The normalized spacial score (nSPS) is 14.9. The molecular formula is C12H13ClF3NO. The summed E-state index contributed by atoms with van der Waals surface area (Å²) in [6.45, 7) is 1.20. The largest absolute Gasteiger partial charge is 0.390 e. The summed E-state index contributed by atoms with van der Waals surface area (Å²) in [7, 11) is 0. The highest BCUT2D eigenvalue weighted by Gasteiger charge is 2.43. The Morgan fingerprint density at radius 3 is 2.28 bits per heavy atom. The molecule has 0 spiro atoms. The van der Waals surface area contributed by atoms with Crippen molar-refractivity contribution in [3.05, 3.63) is 30.3 Å². The van der Waals surface area contributed by atoms with Crippen LogP contribution in [0, 0.1) is 5.41 Å². The van der Waals surface area contributed by atoms with Crippen molar-refractivity contribution in [3.63, 3.8) is 0 Å². The molecule has 0 saturated carbocycles. The molecule has 6 heteroatoms. The van der Waals surface area contributed by atoms with Gasteiger partial charge in [0.25, 0.3) is 0 Å². The molecule has 1 unspecified atom stereocenters. The van der Waals surface area contributed by atoms with Gasteiger partial charge in [-0.2, -0.15) is 13.2 Å². The maximum atomic E-state index is 12.4. The maximum absolute atomic E-state index is 12.4. The molecule has 2 nitrogen and oxygen atoms in total. The molecule has 0 fully saturated rings. The third-order valence-electron chi connectivity index (χ3n) is 2.47. The van der Waals surface area contributed by atoms with E-state index < -0.39 is 29.8 Å². The lowest BCUT2D eigenvalue weighted by molar-refractivity contribution is -0.161. The Bertz CT molecular complexity index is 408. The van der Waals surface area contributed by atoms with Crippen molar-refractivity contribution in [2.45, 2.75) is 19.5 Å². The van der Waals surface area contributed by atoms with E-state index in [2.05, 4.69) is 5.32 Å². The van der Waals surface area contributed by atoms with Gasteiger partial charge in [-0.1, -0.05) is 18.2 Å². The first-order valence-corrected chi connectivity index (χ1v) is 5.79. The highest BCUT2D eigenvalue weighted by atomic mass is 35.5. The van der Waals surface area contributed by atoms with E-state index in [0.29, 0.717) is 5.69 Å². The van der Waals surface area contributed by atoms with Crippen molar-refractivity contribution in [1.29, 1.82) is 0 Å². The van der Waals surface area contributed by atoms with Crippen molar-refractivity contribution >= 4 is 23.2 Å². The van der Waals surface area contributed by atoms with Gasteiger partial charge in [-0.05, 0) is 19.1 Å². The van der Waals surface area contributed by atoms with E-state index in [4.69, 9.17) is 11.6 Å². The van der Waals surface area contributed by atoms with Gasteiger partial charge < -0.3 is 5.32 Å². The summed E-state index contributed by atoms with van der Waals surface area (Å²) in [5.41, 5.74) is -1.23. The van der Waals surface area contributed by atoms with Crippen LogP contribution < -0.4 is 5.32 Å². The minimum atomic E-state index is -4.43. The molecule has 1 amide bonds. The third-order valence-corrected chi connectivity index (χ3v) is 3.06. The highest BCUT2D eigenvalue weighted by Crippen LogP contribution is 2.35. The topological polar surface area (TPSA) is 29.1 Å². The number of hydrogen-bond donors (Lipinski definition) is 1. The number of para-hydroxylation sites is 1. The molecule has 0 radical (unpaired) electrons. The van der Waals surface area contributed by atoms with E-state index in [-0.39, 0.29) is 0 Å². The predicted octanol–water partition coefficient (Wildman–Crippen LogP) is 3.82. The SMILES string of the molecule is CC(CCl)(CC(F)(F)F)C(=O)Nc1ccccc1. The third kappa shape index (κ3) is 4.22. The Morgan fingerprint density at radius 2 is 1.83 bits per heavy atom. The van der Waals surface area contributed by atoms with E-state index in [1.165, 1.54) is 6.92 Å². The van der Waals surface area contributed by atoms with E-state index >= 15 is 0 Å². The minimum absolute atomic E-state index is 0.398. The van der Waals surface area contributed by atoms with E-state index in [1.54, 1.807) is 30.3 Å². The average molecular weight is 280 g/mol. The number of anilines is 1. The Labute approximate surface area is 108 Å². The summed E-state index contributed by atoms with van der Waals surface area (Å²) >= 11 is 5.52. The zero-order chi connectivity index (χ0) is 13.8. The Balaban J connectivity index is 2.79. The molecule has 0 aliphatic carbocycles. The summed E-state index contributed by atoms with van der Waals surface area (Å²) in [5, 5.41) is 2.43. The molecule has 1 rings (SSSR count). The molecule has 1 aromatic carbocycles. The lowest BCUT2D eigenvalue weighted by Crippen LogP contribution is -2.39. The van der Waals surface area contributed by atoms with Crippen molar-refractivity contribution in [2.75, 3.05) is 11.2 Å². The number of benzene rings is 1. The van der Waals surface area contributed by atoms with Gasteiger partial charge >= 0.3 is 6.18 Å². The molecular weight excluding hydrogens is 267 g/mol. The zero-order valence-corrected chi connectivity index (χ0v) is 10.5. The smallest absolute Gasteiger partial charge is 0.326 e. The second kappa shape index (κ2) is 5.61. The summed E-state index contributed by atoms with van der Waals surface area (Å²) < 4.78 is 37.2. The Kier molecular flexibility index (Phi) is 4.62. The molecule has 1 N–H and O–H groups in total. The van der Waals surface area contributed by atoms with Crippen LogP contribution in [0.15, 0.2) is 30.3 Å². The van der Waals surface area contributed by atoms with Gasteiger partial charge in [0.15, 0.2) is 0 Å². The lowest BCUT2D eigenvalue weighted by atomic mass is 9.87. The van der Waals surface area contributed by atoms with Gasteiger partial charge in [0.1, 0.15) is 0 Å². The second-order valence-electron chi connectivity index (χ2n) is 4.31. The van der Waals surface area contributed by atoms with Crippen LogP contribution in [0.5, 0.6) is 0 Å². The molecule has 100 valence electrons. The summed E-state index contributed by atoms with van der Waals surface area (Å²) in [6.07, 6.45) is -5.68. The first-order valence-electron chi connectivity index (χ1n) is 5.26. The quantitative estimate of drug-likeness (QED) is 0.834. The molecule has 18 heavy (non-hydrogen) atoms. The molecule has 0 heterocycles.